The van der Waals surface area contributed by atoms with Gasteiger partial charge in [0.1, 0.15) is 0 Å². The van der Waals surface area contributed by atoms with E-state index in [-0.39, 0.29) is 0 Å². The van der Waals surface area contributed by atoms with Gasteiger partial charge in [-0.3, -0.25) is 0 Å². The van der Waals surface area contributed by atoms with Crippen LogP contribution in [0.25, 0.3) is 75.4 Å². The van der Waals surface area contributed by atoms with Gasteiger partial charge in [0.2, 0.25) is 0 Å². The second kappa shape index (κ2) is 5.75. The third-order valence-electron chi connectivity index (χ3n) is 7.34. The van der Waals surface area contributed by atoms with Crippen molar-refractivity contribution in [2.45, 2.75) is 0 Å². The first kappa shape index (κ1) is 16.5. The van der Waals surface area contributed by atoms with E-state index in [1.165, 1.54) is 75.4 Å². The lowest BCUT2D eigenvalue weighted by Crippen LogP contribution is -1.88. The number of rotatable bonds is 0. The quantitative estimate of drug-likeness (QED) is 0.175. The van der Waals surface area contributed by atoms with E-state index in [4.69, 9.17) is 0 Å². The minimum absolute atomic E-state index is 1.30. The second-order valence-electron chi connectivity index (χ2n) is 8.94. The molecule has 0 bridgehead atoms. The molecule has 0 aliphatic rings. The van der Waals surface area contributed by atoms with Crippen LogP contribution in [0.2, 0.25) is 0 Å². The summed E-state index contributed by atoms with van der Waals surface area (Å²) >= 11 is 0. The van der Waals surface area contributed by atoms with E-state index in [1.54, 1.807) is 0 Å². The van der Waals surface area contributed by atoms with Crippen LogP contribution in [0.3, 0.4) is 0 Å². The van der Waals surface area contributed by atoms with E-state index in [0.29, 0.717) is 0 Å². The van der Waals surface area contributed by atoms with Gasteiger partial charge in [0.25, 0.3) is 0 Å². The average molecular weight is 402 g/mol. The molecule has 0 nitrogen and oxygen atoms in total. The van der Waals surface area contributed by atoms with Gasteiger partial charge >= 0.3 is 0 Å². The summed E-state index contributed by atoms with van der Waals surface area (Å²) in [6.07, 6.45) is 0. The molecule has 0 fully saturated rings. The van der Waals surface area contributed by atoms with Gasteiger partial charge in [-0.15, -0.1) is 0 Å². The fraction of sp³-hybridized carbons (Fsp3) is 0. The zero-order chi connectivity index (χ0) is 20.8. The van der Waals surface area contributed by atoms with Crippen molar-refractivity contribution in [3.05, 3.63) is 109 Å². The molecule has 32 heavy (non-hydrogen) atoms. The van der Waals surface area contributed by atoms with Crippen LogP contribution in [0.4, 0.5) is 0 Å². The molecule has 0 aromatic heterocycles. The Balaban J connectivity index is 1.62. The largest absolute Gasteiger partial charge is 0.0616 e. The van der Waals surface area contributed by atoms with Crippen LogP contribution in [-0.4, -0.2) is 0 Å². The van der Waals surface area contributed by atoms with E-state index < -0.39 is 0 Å². The van der Waals surface area contributed by atoms with Crippen molar-refractivity contribution < 1.29 is 0 Å². The van der Waals surface area contributed by atoms with Crippen LogP contribution in [0.15, 0.2) is 109 Å². The maximum Gasteiger partial charge on any atom is -0.00201 e. The van der Waals surface area contributed by atoms with Crippen molar-refractivity contribution in [1.82, 2.24) is 0 Å². The monoisotopic (exact) mass is 402 g/mol. The number of fused-ring (bicyclic) bond motifs is 8. The molecular formula is C32H18. The smallest absolute Gasteiger partial charge is 0.00201 e. The predicted molar refractivity (Wildman–Crippen MR) is 140 cm³/mol. The Morgan fingerprint density at radius 3 is 1.50 bits per heavy atom. The number of hydrogen-bond acceptors (Lipinski definition) is 0. The molecule has 0 aliphatic heterocycles. The summed E-state index contributed by atoms with van der Waals surface area (Å²) in [6.45, 7) is 0. The van der Waals surface area contributed by atoms with Crippen molar-refractivity contribution in [1.29, 1.82) is 0 Å². The fourth-order valence-corrected chi connectivity index (χ4v) is 5.93. The van der Waals surface area contributed by atoms with Crippen LogP contribution in [-0.2, 0) is 0 Å². The Kier molecular flexibility index (Phi) is 2.97. The van der Waals surface area contributed by atoms with Crippen LogP contribution >= 0.6 is 0 Å². The van der Waals surface area contributed by atoms with E-state index >= 15 is 0 Å². The highest BCUT2D eigenvalue weighted by atomic mass is 14.2. The highest BCUT2D eigenvalue weighted by molar-refractivity contribution is 6.34. The highest BCUT2D eigenvalue weighted by Crippen LogP contribution is 2.43. The van der Waals surface area contributed by atoms with Crippen LogP contribution in [0.5, 0.6) is 0 Å². The standard InChI is InChI=1S/C32H18/c1-3-7-23-19(5-1)9-12-26-25(23)15-16-27-29-14-10-21-17-20-6-2-4-8-24(20)28-13-11-22(18-30(26)27)32(29)31(21)28/h1-18H. The summed E-state index contributed by atoms with van der Waals surface area (Å²) in [5.41, 5.74) is 0. The highest BCUT2D eigenvalue weighted by Gasteiger charge is 2.14. The van der Waals surface area contributed by atoms with Gasteiger partial charge in [-0.05, 0) is 87.5 Å². The third-order valence-corrected chi connectivity index (χ3v) is 7.34. The molecule has 0 atom stereocenters. The molecule has 0 saturated heterocycles. The summed E-state index contributed by atoms with van der Waals surface area (Å²) in [5.74, 6) is 0. The summed E-state index contributed by atoms with van der Waals surface area (Å²) in [7, 11) is 0. The van der Waals surface area contributed by atoms with Gasteiger partial charge in [-0.1, -0.05) is 97.1 Å². The van der Waals surface area contributed by atoms with E-state index in [9.17, 15) is 0 Å². The maximum atomic E-state index is 2.41. The number of hydrogen-bond donors (Lipinski definition) is 0. The summed E-state index contributed by atoms with van der Waals surface area (Å²) in [4.78, 5) is 0. The van der Waals surface area contributed by atoms with E-state index in [0.717, 1.165) is 0 Å². The molecule has 0 amide bonds. The molecule has 0 heterocycles. The summed E-state index contributed by atoms with van der Waals surface area (Å²) in [5, 5.41) is 18.7. The molecule has 0 radical (unpaired) electrons. The number of benzene rings is 8. The average Bonchev–Trinajstić information content (AvgIpc) is 2.86. The van der Waals surface area contributed by atoms with Gasteiger partial charge < -0.3 is 0 Å². The molecule has 0 aliphatic carbocycles. The lowest BCUT2D eigenvalue weighted by atomic mass is 9.87. The Morgan fingerprint density at radius 1 is 0.250 bits per heavy atom. The lowest BCUT2D eigenvalue weighted by molar-refractivity contribution is 1.79. The first-order valence-electron chi connectivity index (χ1n) is 11.2. The topological polar surface area (TPSA) is 0 Å². The minimum Gasteiger partial charge on any atom is -0.0616 e. The van der Waals surface area contributed by atoms with E-state index in [2.05, 4.69) is 109 Å². The molecule has 0 spiro atoms. The first-order valence-corrected chi connectivity index (χ1v) is 11.2. The zero-order valence-electron chi connectivity index (χ0n) is 17.4. The van der Waals surface area contributed by atoms with Gasteiger partial charge in [0, 0.05) is 0 Å². The van der Waals surface area contributed by atoms with Crippen molar-refractivity contribution in [3.8, 4) is 0 Å². The zero-order valence-corrected chi connectivity index (χ0v) is 17.4. The Hall–Kier alpha value is -4.16. The van der Waals surface area contributed by atoms with Gasteiger partial charge in [-0.2, -0.15) is 0 Å². The summed E-state index contributed by atoms with van der Waals surface area (Å²) < 4.78 is 0. The lowest BCUT2D eigenvalue weighted by Gasteiger charge is -2.16. The molecule has 8 aromatic carbocycles. The fourth-order valence-electron chi connectivity index (χ4n) is 5.93. The van der Waals surface area contributed by atoms with Gasteiger partial charge in [0.15, 0.2) is 0 Å². The van der Waals surface area contributed by atoms with Crippen molar-refractivity contribution in [2.24, 2.45) is 0 Å². The van der Waals surface area contributed by atoms with Crippen LogP contribution in [0, 0.1) is 0 Å². The SMILES string of the molecule is c1ccc2c(c1)ccc1c2ccc2c1cc1ccc3c4ccccc4cc4ccc2c1c43. The molecule has 0 heteroatoms. The molecule has 0 N–H and O–H groups in total. The minimum atomic E-state index is 1.30. The van der Waals surface area contributed by atoms with Gasteiger partial charge in [0.05, 0.1) is 0 Å². The van der Waals surface area contributed by atoms with Gasteiger partial charge in [-0.25, -0.2) is 0 Å². The molecule has 0 unspecified atom stereocenters. The second-order valence-corrected chi connectivity index (χ2v) is 8.94. The molecule has 8 rings (SSSR count). The summed E-state index contributed by atoms with van der Waals surface area (Å²) in [6, 6.07) is 40.6. The third kappa shape index (κ3) is 1.98. The predicted octanol–water partition coefficient (Wildman–Crippen LogP) is 9.20. The van der Waals surface area contributed by atoms with E-state index in [1.807, 2.05) is 0 Å². The van der Waals surface area contributed by atoms with Crippen molar-refractivity contribution in [3.63, 3.8) is 0 Å². The Morgan fingerprint density at radius 2 is 0.719 bits per heavy atom. The molecule has 146 valence electrons. The van der Waals surface area contributed by atoms with Crippen LogP contribution < -0.4 is 0 Å². The maximum absolute atomic E-state index is 2.41. The molecule has 0 saturated carbocycles. The normalized spacial score (nSPS) is 12.4. The van der Waals surface area contributed by atoms with Crippen LogP contribution in [0.1, 0.15) is 0 Å². The van der Waals surface area contributed by atoms with Crippen molar-refractivity contribution >= 4 is 75.4 Å². The Labute approximate surface area is 184 Å². The first-order chi connectivity index (χ1) is 15.9. The molecular weight excluding hydrogens is 384 g/mol. The van der Waals surface area contributed by atoms with Crippen molar-refractivity contribution in [2.75, 3.05) is 0 Å². The Bertz CT molecular complexity index is 2020. The molecule has 8 aromatic rings.